The Morgan fingerprint density at radius 3 is 2.93 bits per heavy atom. The summed E-state index contributed by atoms with van der Waals surface area (Å²) in [4.78, 5) is 0. The van der Waals surface area contributed by atoms with E-state index in [0.29, 0.717) is 23.8 Å². The van der Waals surface area contributed by atoms with Crippen LogP contribution in [0.1, 0.15) is 19.4 Å². The van der Waals surface area contributed by atoms with Crippen LogP contribution in [-0.4, -0.2) is 22.8 Å². The van der Waals surface area contributed by atoms with Gasteiger partial charge in [0.15, 0.2) is 5.82 Å². The summed E-state index contributed by atoms with van der Waals surface area (Å²) in [6.45, 7) is 4.69. The van der Waals surface area contributed by atoms with Crippen molar-refractivity contribution < 1.29 is 0 Å². The Morgan fingerprint density at radius 1 is 1.60 bits per heavy atom. The van der Waals surface area contributed by atoms with Crippen molar-refractivity contribution in [2.45, 2.75) is 19.9 Å². The van der Waals surface area contributed by atoms with Crippen LogP contribution in [0.2, 0.25) is 0 Å². The van der Waals surface area contributed by atoms with Crippen molar-refractivity contribution in [1.82, 2.24) is 10.2 Å². The maximum Gasteiger partial charge on any atom is 0.166 e. The van der Waals surface area contributed by atoms with Gasteiger partial charge in [0, 0.05) is 12.6 Å². The van der Waals surface area contributed by atoms with E-state index in [2.05, 4.69) is 15.5 Å². The van der Waals surface area contributed by atoms with Crippen LogP contribution in [0.4, 0.5) is 5.82 Å². The van der Waals surface area contributed by atoms with E-state index in [9.17, 15) is 0 Å². The van der Waals surface area contributed by atoms with Gasteiger partial charge in [0.1, 0.15) is 6.07 Å². The van der Waals surface area contributed by atoms with Gasteiger partial charge in [0.25, 0.3) is 0 Å². The third kappa shape index (κ3) is 3.18. The normalized spacial score (nSPS) is 12.2. The molecule has 0 aliphatic rings. The lowest BCUT2D eigenvalue weighted by Crippen LogP contribution is -2.34. The quantitative estimate of drug-likeness (QED) is 0.757. The molecule has 1 aromatic heterocycles. The van der Waals surface area contributed by atoms with Crippen molar-refractivity contribution in [2.75, 3.05) is 11.9 Å². The maximum atomic E-state index is 8.80. The molecule has 3 N–H and O–H groups in total. The average molecular weight is 205 g/mol. The minimum Gasteiger partial charge on any atom is -0.366 e. The zero-order valence-electron chi connectivity index (χ0n) is 8.94. The Morgan fingerprint density at radius 2 is 2.33 bits per heavy atom. The van der Waals surface area contributed by atoms with Crippen LogP contribution >= 0.6 is 0 Å². The van der Waals surface area contributed by atoms with Crippen molar-refractivity contribution in [2.24, 2.45) is 11.7 Å². The first-order valence-corrected chi connectivity index (χ1v) is 4.86. The molecule has 15 heavy (non-hydrogen) atoms. The molecule has 0 amide bonds. The molecule has 0 bridgehead atoms. The molecule has 0 saturated heterocycles. The summed E-state index contributed by atoms with van der Waals surface area (Å²) in [6.07, 6.45) is 1.49. The van der Waals surface area contributed by atoms with Crippen LogP contribution < -0.4 is 11.1 Å². The largest absolute Gasteiger partial charge is 0.366 e. The van der Waals surface area contributed by atoms with Crippen molar-refractivity contribution in [3.63, 3.8) is 0 Å². The number of hydrogen-bond donors (Lipinski definition) is 2. The van der Waals surface area contributed by atoms with Crippen molar-refractivity contribution >= 4 is 5.82 Å². The summed E-state index contributed by atoms with van der Waals surface area (Å²) < 4.78 is 0. The van der Waals surface area contributed by atoms with Crippen LogP contribution in [0.25, 0.3) is 0 Å². The average Bonchev–Trinajstić information content (AvgIpc) is 2.26. The lowest BCUT2D eigenvalue weighted by Gasteiger charge is -2.16. The van der Waals surface area contributed by atoms with Crippen LogP contribution in [0.15, 0.2) is 12.3 Å². The highest BCUT2D eigenvalue weighted by molar-refractivity contribution is 5.50. The van der Waals surface area contributed by atoms with Gasteiger partial charge < -0.3 is 11.1 Å². The van der Waals surface area contributed by atoms with E-state index in [-0.39, 0.29) is 6.04 Å². The van der Waals surface area contributed by atoms with E-state index < -0.39 is 0 Å². The molecule has 0 spiro atoms. The number of hydrogen-bond acceptors (Lipinski definition) is 5. The Bertz CT molecular complexity index is 355. The number of nitrogens with one attached hydrogen (secondary N) is 1. The van der Waals surface area contributed by atoms with Crippen LogP contribution in [0.3, 0.4) is 0 Å². The second kappa shape index (κ2) is 5.27. The first-order valence-electron chi connectivity index (χ1n) is 4.86. The van der Waals surface area contributed by atoms with Crippen molar-refractivity contribution in [1.29, 1.82) is 5.26 Å². The molecule has 0 saturated carbocycles. The number of aromatic nitrogens is 2. The molecule has 1 aromatic rings. The van der Waals surface area contributed by atoms with Gasteiger partial charge in [0.05, 0.1) is 11.8 Å². The molecular weight excluding hydrogens is 190 g/mol. The Labute approximate surface area is 89.3 Å². The van der Waals surface area contributed by atoms with Gasteiger partial charge in [-0.2, -0.15) is 10.4 Å². The van der Waals surface area contributed by atoms with E-state index in [0.717, 1.165) is 0 Å². The molecule has 0 aromatic carbocycles. The highest BCUT2D eigenvalue weighted by Gasteiger charge is 2.09. The lowest BCUT2D eigenvalue weighted by molar-refractivity contribution is 0.511. The van der Waals surface area contributed by atoms with Gasteiger partial charge in [-0.15, -0.1) is 5.10 Å². The smallest absolute Gasteiger partial charge is 0.166 e. The number of nitrogens with two attached hydrogens (primary N) is 1. The summed E-state index contributed by atoms with van der Waals surface area (Å²) in [5, 5.41) is 19.4. The number of nitrogens with zero attached hydrogens (tertiary/aromatic N) is 3. The predicted molar refractivity (Wildman–Crippen MR) is 58.1 cm³/mol. The topological polar surface area (TPSA) is 87.6 Å². The van der Waals surface area contributed by atoms with Gasteiger partial charge >= 0.3 is 0 Å². The van der Waals surface area contributed by atoms with Gasteiger partial charge in [-0.25, -0.2) is 0 Å². The van der Waals surface area contributed by atoms with Gasteiger partial charge in [-0.1, -0.05) is 13.8 Å². The molecule has 80 valence electrons. The van der Waals surface area contributed by atoms with E-state index in [1.807, 2.05) is 19.9 Å². The van der Waals surface area contributed by atoms with Crippen LogP contribution in [0, 0.1) is 17.2 Å². The van der Waals surface area contributed by atoms with E-state index >= 15 is 0 Å². The summed E-state index contributed by atoms with van der Waals surface area (Å²) in [7, 11) is 0. The van der Waals surface area contributed by atoms with Crippen LogP contribution in [-0.2, 0) is 0 Å². The highest BCUT2D eigenvalue weighted by Crippen LogP contribution is 2.08. The fourth-order valence-corrected chi connectivity index (χ4v) is 1.00. The fourth-order valence-electron chi connectivity index (χ4n) is 1.00. The minimum absolute atomic E-state index is 0.0403. The molecule has 1 unspecified atom stereocenters. The van der Waals surface area contributed by atoms with Crippen molar-refractivity contribution in [3.8, 4) is 6.07 Å². The number of nitriles is 1. The highest BCUT2D eigenvalue weighted by atomic mass is 15.2. The van der Waals surface area contributed by atoms with E-state index in [1.54, 1.807) is 6.07 Å². The number of anilines is 1. The second-order valence-corrected chi connectivity index (χ2v) is 3.69. The molecule has 1 rings (SSSR count). The van der Waals surface area contributed by atoms with E-state index in [1.165, 1.54) is 6.20 Å². The molecule has 1 heterocycles. The zero-order valence-corrected chi connectivity index (χ0v) is 8.94. The first kappa shape index (κ1) is 11.4. The standard InChI is InChI=1S/C10H15N5/c1-7(2)9(12)6-13-10-8(5-11)3-4-14-15-10/h3-4,7,9H,6,12H2,1-2H3,(H,13,15). The molecule has 0 radical (unpaired) electrons. The first-order chi connectivity index (χ1) is 7.15. The fraction of sp³-hybridized carbons (Fsp3) is 0.500. The molecular formula is C10H15N5. The molecule has 5 heteroatoms. The van der Waals surface area contributed by atoms with Gasteiger partial charge in [-0.05, 0) is 12.0 Å². The minimum atomic E-state index is 0.0403. The summed E-state index contributed by atoms with van der Waals surface area (Å²) in [6, 6.07) is 3.70. The predicted octanol–water partition coefficient (Wildman–Crippen LogP) is 0.743. The summed E-state index contributed by atoms with van der Waals surface area (Å²) >= 11 is 0. The van der Waals surface area contributed by atoms with Gasteiger partial charge in [-0.3, -0.25) is 0 Å². The summed E-state index contributed by atoms with van der Waals surface area (Å²) in [5.41, 5.74) is 6.35. The Kier molecular flexibility index (Phi) is 4.01. The molecule has 0 aliphatic carbocycles. The number of rotatable bonds is 4. The van der Waals surface area contributed by atoms with E-state index in [4.69, 9.17) is 11.0 Å². The third-order valence-corrected chi connectivity index (χ3v) is 2.20. The molecule has 0 aliphatic heterocycles. The van der Waals surface area contributed by atoms with Crippen molar-refractivity contribution in [3.05, 3.63) is 17.8 Å². The molecule has 5 nitrogen and oxygen atoms in total. The second-order valence-electron chi connectivity index (χ2n) is 3.69. The van der Waals surface area contributed by atoms with Crippen LogP contribution in [0.5, 0.6) is 0 Å². The maximum absolute atomic E-state index is 8.80. The SMILES string of the molecule is CC(C)C(N)CNc1nnccc1C#N. The third-order valence-electron chi connectivity index (χ3n) is 2.20. The Hall–Kier alpha value is -1.67. The Balaban J connectivity index is 2.62. The summed E-state index contributed by atoms with van der Waals surface area (Å²) in [5.74, 6) is 0.885. The lowest BCUT2D eigenvalue weighted by atomic mass is 10.1. The molecule has 0 fully saturated rings. The zero-order chi connectivity index (χ0) is 11.3. The van der Waals surface area contributed by atoms with Gasteiger partial charge in [0.2, 0.25) is 0 Å². The molecule has 1 atom stereocenters. The monoisotopic (exact) mass is 205 g/mol.